The fraction of sp³-hybridized carbons (Fsp3) is 0.938. The topological polar surface area (TPSA) is 205 Å². The van der Waals surface area contributed by atoms with Gasteiger partial charge in [0.05, 0.1) is 33.0 Å². The van der Waals surface area contributed by atoms with E-state index in [2.05, 4.69) is 0 Å². The molecule has 1 rings (SSSR count). The zero-order valence-electron chi connectivity index (χ0n) is 15.9. The van der Waals surface area contributed by atoms with Crippen LogP contribution in [0, 0.1) is 0 Å². The summed E-state index contributed by atoms with van der Waals surface area (Å²) < 4.78 is 25.8. The molecule has 1 fully saturated rings. The van der Waals surface area contributed by atoms with Crippen molar-refractivity contribution >= 4 is 5.97 Å². The van der Waals surface area contributed by atoms with E-state index in [0.29, 0.717) is 0 Å². The molecule has 172 valence electrons. The number of carbonyl (C=O) groups excluding carboxylic acids is 1. The molecule has 1 saturated heterocycles. The summed E-state index contributed by atoms with van der Waals surface area (Å²) in [5.41, 5.74) is 0. The summed E-state index contributed by atoms with van der Waals surface area (Å²) in [7, 11) is 0. The highest BCUT2D eigenvalue weighted by Crippen LogP contribution is 2.24. The van der Waals surface area contributed by atoms with Crippen LogP contribution in [-0.2, 0) is 28.5 Å². The second-order valence-corrected chi connectivity index (χ2v) is 6.39. The van der Waals surface area contributed by atoms with Crippen LogP contribution >= 0.6 is 0 Å². The molecule has 29 heavy (non-hydrogen) atoms. The molecule has 4 unspecified atom stereocenters. The number of aliphatic hydroxyl groups is 7. The normalized spacial score (nSPS) is 30.6. The summed E-state index contributed by atoms with van der Waals surface area (Å²) >= 11 is 0. The number of hydrogen-bond acceptors (Lipinski definition) is 13. The van der Waals surface area contributed by atoms with Crippen molar-refractivity contribution in [2.24, 2.45) is 0 Å². The van der Waals surface area contributed by atoms with Crippen LogP contribution in [0.2, 0.25) is 0 Å². The van der Waals surface area contributed by atoms with Gasteiger partial charge < -0.3 is 59.4 Å². The van der Waals surface area contributed by atoms with Crippen molar-refractivity contribution in [1.29, 1.82) is 0 Å². The van der Waals surface area contributed by atoms with E-state index in [4.69, 9.17) is 28.8 Å². The van der Waals surface area contributed by atoms with Crippen LogP contribution in [0.5, 0.6) is 0 Å². The molecule has 8 atom stereocenters. The molecule has 1 aliphatic rings. The monoisotopic (exact) mass is 430 g/mol. The van der Waals surface area contributed by atoms with Crippen molar-refractivity contribution in [1.82, 2.24) is 0 Å². The Kier molecular flexibility index (Phi) is 12.0. The van der Waals surface area contributed by atoms with E-state index in [0.717, 1.165) is 6.92 Å². The van der Waals surface area contributed by atoms with E-state index < -0.39 is 74.8 Å². The molecule has 0 aromatic heterocycles. The van der Waals surface area contributed by atoms with Gasteiger partial charge in [0.25, 0.3) is 0 Å². The van der Waals surface area contributed by atoms with E-state index in [1.807, 2.05) is 0 Å². The van der Waals surface area contributed by atoms with Crippen molar-refractivity contribution in [3.05, 3.63) is 0 Å². The minimum absolute atomic E-state index is 0.301. The highest BCUT2D eigenvalue weighted by Gasteiger charge is 2.47. The van der Waals surface area contributed by atoms with Gasteiger partial charge in [-0.1, -0.05) is 0 Å². The Morgan fingerprint density at radius 3 is 2.28 bits per heavy atom. The van der Waals surface area contributed by atoms with Gasteiger partial charge in [-0.25, -0.2) is 0 Å². The molecule has 1 heterocycles. The van der Waals surface area contributed by atoms with E-state index in [1.165, 1.54) is 0 Å². The SMILES string of the molecule is CC(=O)OC1[C@H](OCC(CO)OCOC[C@@H](O)C(O)CO)OC(CO)[C@H](O)[C@@H]1O. The Labute approximate surface area is 166 Å². The Morgan fingerprint density at radius 2 is 1.72 bits per heavy atom. The van der Waals surface area contributed by atoms with Gasteiger partial charge in [-0.15, -0.1) is 0 Å². The number of hydrogen-bond donors (Lipinski definition) is 7. The summed E-state index contributed by atoms with van der Waals surface area (Å²) in [6.45, 7) is -1.70. The molecule has 13 heteroatoms. The Balaban J connectivity index is 2.53. The van der Waals surface area contributed by atoms with Gasteiger partial charge in [0.2, 0.25) is 0 Å². The van der Waals surface area contributed by atoms with Gasteiger partial charge in [0, 0.05) is 6.92 Å². The van der Waals surface area contributed by atoms with Gasteiger partial charge in [-0.05, 0) is 0 Å². The van der Waals surface area contributed by atoms with Crippen molar-refractivity contribution in [2.45, 2.75) is 55.9 Å². The predicted molar refractivity (Wildman–Crippen MR) is 91.1 cm³/mol. The third-order valence-electron chi connectivity index (χ3n) is 4.08. The molecule has 0 aromatic carbocycles. The first-order valence-electron chi connectivity index (χ1n) is 8.93. The molecule has 1 aliphatic heterocycles. The lowest BCUT2D eigenvalue weighted by Gasteiger charge is -2.41. The lowest BCUT2D eigenvalue weighted by molar-refractivity contribution is -0.309. The second-order valence-electron chi connectivity index (χ2n) is 6.39. The van der Waals surface area contributed by atoms with Gasteiger partial charge in [0.15, 0.2) is 12.4 Å². The average Bonchev–Trinajstić information content (AvgIpc) is 2.70. The fourth-order valence-electron chi connectivity index (χ4n) is 2.41. The molecule has 0 aromatic rings. The summed E-state index contributed by atoms with van der Waals surface area (Å²) in [5, 5.41) is 65.9. The van der Waals surface area contributed by atoms with Crippen molar-refractivity contribution < 1.29 is 64.2 Å². The zero-order valence-corrected chi connectivity index (χ0v) is 15.9. The maximum atomic E-state index is 11.2. The maximum Gasteiger partial charge on any atom is 0.303 e. The van der Waals surface area contributed by atoms with Crippen molar-refractivity contribution in [3.8, 4) is 0 Å². The number of carbonyl (C=O) groups is 1. The van der Waals surface area contributed by atoms with Crippen LogP contribution in [-0.4, -0.2) is 131 Å². The zero-order chi connectivity index (χ0) is 22.0. The van der Waals surface area contributed by atoms with Crippen LogP contribution in [0.3, 0.4) is 0 Å². The summed E-state index contributed by atoms with van der Waals surface area (Å²) in [6.07, 6.45) is -10.6. The molecule has 0 amide bonds. The van der Waals surface area contributed by atoms with Gasteiger partial charge >= 0.3 is 5.97 Å². The van der Waals surface area contributed by atoms with E-state index >= 15 is 0 Å². The smallest absolute Gasteiger partial charge is 0.303 e. The van der Waals surface area contributed by atoms with Crippen LogP contribution in [0.15, 0.2) is 0 Å². The standard InChI is InChI=1S/C16H30O13/c1-8(20)28-15-14(24)13(23)12(4-19)29-16(15)26-5-9(2-17)27-7-25-6-11(22)10(21)3-18/h9-19,21-24H,2-7H2,1H3/t9?,10?,11-,12?,13+,14+,15?,16-/m1/s1. The summed E-state index contributed by atoms with van der Waals surface area (Å²) in [4.78, 5) is 11.2. The van der Waals surface area contributed by atoms with Crippen LogP contribution < -0.4 is 0 Å². The minimum Gasteiger partial charge on any atom is -0.454 e. The third kappa shape index (κ3) is 8.35. The van der Waals surface area contributed by atoms with Crippen LogP contribution in [0.25, 0.3) is 0 Å². The summed E-state index contributed by atoms with van der Waals surface area (Å²) in [5.74, 6) is -0.757. The van der Waals surface area contributed by atoms with Crippen LogP contribution in [0.1, 0.15) is 6.92 Å². The highest BCUT2D eigenvalue weighted by atomic mass is 16.7. The second kappa shape index (κ2) is 13.4. The molecule has 0 bridgehead atoms. The largest absolute Gasteiger partial charge is 0.454 e. The van der Waals surface area contributed by atoms with Gasteiger partial charge in [0.1, 0.15) is 43.4 Å². The minimum atomic E-state index is -1.58. The lowest BCUT2D eigenvalue weighted by Crippen LogP contribution is -2.60. The van der Waals surface area contributed by atoms with Crippen molar-refractivity contribution in [2.75, 3.05) is 39.8 Å². The predicted octanol–water partition coefficient (Wildman–Crippen LogP) is -4.56. The molecular formula is C16H30O13. The van der Waals surface area contributed by atoms with Gasteiger partial charge in [-0.2, -0.15) is 0 Å². The number of aliphatic hydroxyl groups excluding tert-OH is 7. The summed E-state index contributed by atoms with van der Waals surface area (Å²) in [6, 6.07) is 0. The Hall–Kier alpha value is -0.970. The molecule has 13 nitrogen and oxygen atoms in total. The first-order chi connectivity index (χ1) is 13.7. The van der Waals surface area contributed by atoms with Gasteiger partial charge in [-0.3, -0.25) is 4.79 Å². The first-order valence-corrected chi connectivity index (χ1v) is 8.93. The Morgan fingerprint density at radius 1 is 1.03 bits per heavy atom. The quantitative estimate of drug-likeness (QED) is 0.0836. The molecule has 0 spiro atoms. The Bertz CT molecular complexity index is 464. The molecule has 7 N–H and O–H groups in total. The van der Waals surface area contributed by atoms with Crippen LogP contribution in [0.4, 0.5) is 0 Å². The van der Waals surface area contributed by atoms with E-state index in [-0.39, 0.29) is 20.0 Å². The third-order valence-corrected chi connectivity index (χ3v) is 4.08. The molecule has 0 radical (unpaired) electrons. The number of rotatable bonds is 13. The highest BCUT2D eigenvalue weighted by molar-refractivity contribution is 5.66. The molecule has 0 aliphatic carbocycles. The number of ether oxygens (including phenoxy) is 5. The van der Waals surface area contributed by atoms with Crippen molar-refractivity contribution in [3.63, 3.8) is 0 Å². The van der Waals surface area contributed by atoms with E-state index in [9.17, 15) is 35.4 Å². The van der Waals surface area contributed by atoms with E-state index in [1.54, 1.807) is 0 Å². The molecule has 0 saturated carbocycles. The maximum absolute atomic E-state index is 11.2. The number of esters is 1. The first kappa shape index (κ1) is 26.1. The average molecular weight is 430 g/mol. The lowest BCUT2D eigenvalue weighted by atomic mass is 9.99. The molecular weight excluding hydrogens is 400 g/mol. The fourth-order valence-corrected chi connectivity index (χ4v) is 2.41.